The van der Waals surface area contributed by atoms with Gasteiger partial charge in [0.25, 0.3) is 0 Å². The van der Waals surface area contributed by atoms with Crippen LogP contribution in [0.15, 0.2) is 66.7 Å². The molecule has 1 heterocycles. The van der Waals surface area contributed by atoms with Crippen molar-refractivity contribution in [2.45, 2.75) is 50.7 Å². The van der Waals surface area contributed by atoms with E-state index in [0.29, 0.717) is 5.92 Å². The molecular formula is C26H25BO2. The van der Waals surface area contributed by atoms with Crippen LogP contribution in [0, 0.1) is 0 Å². The molecule has 3 heteroatoms. The van der Waals surface area contributed by atoms with Crippen molar-refractivity contribution in [3.05, 3.63) is 100 Å². The minimum Gasteiger partial charge on any atom is -0.399 e. The lowest BCUT2D eigenvalue weighted by Crippen LogP contribution is -2.41. The van der Waals surface area contributed by atoms with Gasteiger partial charge in [0.1, 0.15) is 0 Å². The second kappa shape index (κ2) is 5.62. The van der Waals surface area contributed by atoms with E-state index in [0.717, 1.165) is 5.46 Å². The van der Waals surface area contributed by atoms with E-state index in [1.165, 1.54) is 33.4 Å². The fourth-order valence-corrected chi connectivity index (χ4v) is 5.31. The van der Waals surface area contributed by atoms with Crippen LogP contribution in [0.1, 0.15) is 72.9 Å². The van der Waals surface area contributed by atoms with E-state index in [2.05, 4.69) is 94.4 Å². The molecule has 2 nitrogen and oxygen atoms in total. The van der Waals surface area contributed by atoms with E-state index >= 15 is 0 Å². The van der Waals surface area contributed by atoms with Gasteiger partial charge in [-0.25, -0.2) is 0 Å². The molecule has 0 atom stereocenters. The van der Waals surface area contributed by atoms with Crippen molar-refractivity contribution in [2.24, 2.45) is 0 Å². The van der Waals surface area contributed by atoms with Gasteiger partial charge in [-0.1, -0.05) is 66.7 Å². The highest BCUT2D eigenvalue weighted by atomic mass is 16.7. The van der Waals surface area contributed by atoms with Crippen molar-refractivity contribution in [3.8, 4) is 0 Å². The first-order valence-corrected chi connectivity index (χ1v) is 10.5. The summed E-state index contributed by atoms with van der Waals surface area (Å²) >= 11 is 0. The summed E-state index contributed by atoms with van der Waals surface area (Å²) in [6.45, 7) is 8.44. The number of benzene rings is 3. The first-order chi connectivity index (χ1) is 13.9. The van der Waals surface area contributed by atoms with Crippen LogP contribution in [0.25, 0.3) is 0 Å². The molecule has 0 saturated carbocycles. The van der Waals surface area contributed by atoms with Gasteiger partial charge in [-0.3, -0.25) is 0 Å². The first kappa shape index (κ1) is 17.5. The summed E-state index contributed by atoms with van der Waals surface area (Å²) < 4.78 is 12.7. The van der Waals surface area contributed by atoms with E-state index in [9.17, 15) is 0 Å². The molecule has 7 rings (SSSR count). The predicted molar refractivity (Wildman–Crippen MR) is 117 cm³/mol. The second-order valence-corrected chi connectivity index (χ2v) is 9.60. The summed E-state index contributed by atoms with van der Waals surface area (Å²) in [7, 11) is -0.323. The molecule has 4 aliphatic rings. The second-order valence-electron chi connectivity index (χ2n) is 9.60. The van der Waals surface area contributed by atoms with Crippen LogP contribution >= 0.6 is 0 Å². The van der Waals surface area contributed by atoms with Crippen molar-refractivity contribution in [2.75, 3.05) is 0 Å². The van der Waals surface area contributed by atoms with Gasteiger partial charge in [0.05, 0.1) is 11.2 Å². The van der Waals surface area contributed by atoms with Crippen molar-refractivity contribution < 1.29 is 9.31 Å². The Morgan fingerprint density at radius 2 is 1.00 bits per heavy atom. The molecular weight excluding hydrogens is 355 g/mol. The zero-order chi connectivity index (χ0) is 20.0. The van der Waals surface area contributed by atoms with Crippen LogP contribution in [0.3, 0.4) is 0 Å². The van der Waals surface area contributed by atoms with Crippen LogP contribution in [-0.4, -0.2) is 18.3 Å². The monoisotopic (exact) mass is 380 g/mol. The molecule has 2 bridgehead atoms. The maximum Gasteiger partial charge on any atom is 0.494 e. The molecule has 0 radical (unpaired) electrons. The average Bonchev–Trinajstić information content (AvgIpc) is 2.94. The normalized spacial score (nSPS) is 24.8. The Hall–Kier alpha value is -2.36. The van der Waals surface area contributed by atoms with Crippen molar-refractivity contribution in [1.82, 2.24) is 0 Å². The number of rotatable bonds is 1. The maximum absolute atomic E-state index is 6.34. The van der Waals surface area contributed by atoms with Crippen molar-refractivity contribution >= 4 is 12.6 Å². The maximum atomic E-state index is 6.34. The number of hydrogen-bond acceptors (Lipinski definition) is 2. The predicted octanol–water partition coefficient (Wildman–Crippen LogP) is 4.97. The Balaban J connectivity index is 1.51. The Labute approximate surface area is 173 Å². The Morgan fingerprint density at radius 3 is 1.48 bits per heavy atom. The van der Waals surface area contributed by atoms with E-state index in [1.807, 2.05) is 0 Å². The lowest BCUT2D eigenvalue weighted by molar-refractivity contribution is 0.00578. The van der Waals surface area contributed by atoms with Crippen LogP contribution < -0.4 is 5.46 Å². The highest BCUT2D eigenvalue weighted by molar-refractivity contribution is 6.62. The molecule has 1 aliphatic heterocycles. The fourth-order valence-electron chi connectivity index (χ4n) is 5.31. The SMILES string of the molecule is CC1(C)OB(c2ccc3c(c2)C2c4ccccc4C3c3ccccc32)OC1(C)C. The average molecular weight is 380 g/mol. The van der Waals surface area contributed by atoms with E-state index in [1.54, 1.807) is 0 Å². The van der Waals surface area contributed by atoms with Gasteiger partial charge in [-0.05, 0) is 66.5 Å². The van der Waals surface area contributed by atoms with Crippen molar-refractivity contribution in [3.63, 3.8) is 0 Å². The van der Waals surface area contributed by atoms with Gasteiger partial charge < -0.3 is 9.31 Å². The highest BCUT2D eigenvalue weighted by Gasteiger charge is 2.52. The van der Waals surface area contributed by atoms with Gasteiger partial charge >= 0.3 is 7.12 Å². The molecule has 3 aromatic rings. The fraction of sp³-hybridized carbons (Fsp3) is 0.308. The van der Waals surface area contributed by atoms with Crippen LogP contribution in [0.5, 0.6) is 0 Å². The van der Waals surface area contributed by atoms with Crippen LogP contribution in [-0.2, 0) is 9.31 Å². The molecule has 0 aromatic heterocycles. The van der Waals surface area contributed by atoms with Gasteiger partial charge in [-0.15, -0.1) is 0 Å². The molecule has 0 amide bonds. The lowest BCUT2D eigenvalue weighted by Gasteiger charge is -2.42. The van der Waals surface area contributed by atoms with Gasteiger partial charge in [0.2, 0.25) is 0 Å². The minimum absolute atomic E-state index is 0.282. The molecule has 3 aliphatic carbocycles. The van der Waals surface area contributed by atoms with Crippen molar-refractivity contribution in [1.29, 1.82) is 0 Å². The topological polar surface area (TPSA) is 18.5 Å². The Kier molecular flexibility index (Phi) is 3.39. The standard InChI is InChI=1S/C26H25BO2/c1-25(2)26(3,4)29-27(28-25)16-13-14-21-22(15-16)24-19-11-7-5-9-17(19)23(21)18-10-6-8-12-20(18)24/h5-15,23-24H,1-4H3. The van der Waals surface area contributed by atoms with Crippen LogP contribution in [0.4, 0.5) is 0 Å². The zero-order valence-corrected chi connectivity index (χ0v) is 17.4. The Morgan fingerprint density at radius 1 is 0.586 bits per heavy atom. The van der Waals surface area contributed by atoms with E-state index in [-0.39, 0.29) is 24.2 Å². The largest absolute Gasteiger partial charge is 0.494 e. The third kappa shape index (κ3) is 2.26. The third-order valence-corrected chi connectivity index (χ3v) is 7.49. The highest BCUT2D eigenvalue weighted by Crippen LogP contribution is 2.55. The smallest absolute Gasteiger partial charge is 0.399 e. The molecule has 0 N–H and O–H groups in total. The third-order valence-electron chi connectivity index (χ3n) is 7.49. The molecule has 0 spiro atoms. The first-order valence-electron chi connectivity index (χ1n) is 10.5. The van der Waals surface area contributed by atoms with E-state index < -0.39 is 0 Å². The zero-order valence-electron chi connectivity index (χ0n) is 17.4. The van der Waals surface area contributed by atoms with Gasteiger partial charge in [0.15, 0.2) is 0 Å². The molecule has 3 aromatic carbocycles. The lowest BCUT2D eigenvalue weighted by atomic mass is 9.60. The molecule has 0 unspecified atom stereocenters. The summed E-state index contributed by atoms with van der Waals surface area (Å²) in [5.41, 5.74) is 9.07. The summed E-state index contributed by atoms with van der Waals surface area (Å²) in [5.74, 6) is 0.597. The molecule has 1 fully saturated rings. The molecule has 1 saturated heterocycles. The van der Waals surface area contributed by atoms with Gasteiger partial charge in [-0.2, -0.15) is 0 Å². The summed E-state index contributed by atoms with van der Waals surface area (Å²) in [4.78, 5) is 0. The summed E-state index contributed by atoms with van der Waals surface area (Å²) in [6, 6.07) is 24.7. The molecule has 29 heavy (non-hydrogen) atoms. The van der Waals surface area contributed by atoms with Gasteiger partial charge in [0, 0.05) is 11.8 Å². The quantitative estimate of drug-likeness (QED) is 0.382. The van der Waals surface area contributed by atoms with Crippen LogP contribution in [0.2, 0.25) is 0 Å². The number of hydrogen-bond donors (Lipinski definition) is 0. The minimum atomic E-state index is -0.328. The summed E-state index contributed by atoms with van der Waals surface area (Å²) in [5, 5.41) is 0. The van der Waals surface area contributed by atoms with E-state index in [4.69, 9.17) is 9.31 Å². The summed E-state index contributed by atoms with van der Waals surface area (Å²) in [6.07, 6.45) is 0. The molecule has 144 valence electrons. The Bertz CT molecular complexity index is 1080.